The molecule has 110 valence electrons. The molecule has 0 atom stereocenters. The molecule has 0 aliphatic carbocycles. The van der Waals surface area contributed by atoms with Gasteiger partial charge in [-0.15, -0.1) is 0 Å². The molecule has 1 rings (SSSR count). The number of hydrogen-bond acceptors (Lipinski definition) is 3. The van der Waals surface area contributed by atoms with Crippen LogP contribution in [0.25, 0.3) is 0 Å². The highest BCUT2D eigenvalue weighted by molar-refractivity contribution is 5.94. The maximum Gasteiger partial charge on any atom is 0.335 e. The minimum Gasteiger partial charge on any atom is -0.495 e. The number of carboxylic acid groups (broad SMARTS) is 1. The molecular weight excluding hydrogens is 260 g/mol. The van der Waals surface area contributed by atoms with Gasteiger partial charge in [0.2, 0.25) is 0 Å². The summed E-state index contributed by atoms with van der Waals surface area (Å²) in [5, 5.41) is 11.7. The highest BCUT2D eigenvalue weighted by Gasteiger charge is 2.17. The third-order valence-corrected chi connectivity index (χ3v) is 2.91. The van der Waals surface area contributed by atoms with Gasteiger partial charge >= 0.3 is 12.0 Å². The maximum absolute atomic E-state index is 12.1. The fraction of sp³-hybridized carbons (Fsp3) is 0.429. The zero-order chi connectivity index (χ0) is 15.3. The van der Waals surface area contributed by atoms with Crippen LogP contribution in [0.1, 0.15) is 31.1 Å². The van der Waals surface area contributed by atoms with Gasteiger partial charge in [0.1, 0.15) is 5.75 Å². The Kier molecular flexibility index (Phi) is 5.37. The van der Waals surface area contributed by atoms with Crippen LogP contribution in [-0.2, 0) is 0 Å². The summed E-state index contributed by atoms with van der Waals surface area (Å²) in [5.41, 5.74) is 0.435. The number of amides is 2. The normalized spacial score (nSPS) is 10.2. The van der Waals surface area contributed by atoms with E-state index >= 15 is 0 Å². The number of carboxylic acids is 1. The largest absolute Gasteiger partial charge is 0.495 e. The summed E-state index contributed by atoms with van der Waals surface area (Å²) in [4.78, 5) is 24.8. The number of ether oxygens (including phenoxy) is 1. The Morgan fingerprint density at radius 2 is 2.05 bits per heavy atom. The molecular formula is C14H20N2O4. The molecule has 6 heteroatoms. The fourth-order valence-electron chi connectivity index (χ4n) is 1.87. The van der Waals surface area contributed by atoms with Crippen molar-refractivity contribution in [2.75, 3.05) is 19.0 Å². The molecule has 0 aliphatic heterocycles. The number of aromatic carboxylic acids is 1. The molecule has 6 nitrogen and oxygen atoms in total. The second kappa shape index (κ2) is 6.79. The minimum atomic E-state index is -1.06. The van der Waals surface area contributed by atoms with Crippen LogP contribution in [0.5, 0.6) is 5.75 Å². The quantitative estimate of drug-likeness (QED) is 0.869. The molecule has 1 aromatic carbocycles. The molecule has 0 heterocycles. The molecule has 0 radical (unpaired) electrons. The Balaban J connectivity index is 3.03. The molecule has 0 unspecified atom stereocenters. The molecule has 20 heavy (non-hydrogen) atoms. The first-order valence-electron chi connectivity index (χ1n) is 6.39. The van der Waals surface area contributed by atoms with Gasteiger partial charge < -0.3 is 20.1 Å². The van der Waals surface area contributed by atoms with Crippen LogP contribution < -0.4 is 10.1 Å². The van der Waals surface area contributed by atoms with E-state index in [-0.39, 0.29) is 17.6 Å². The summed E-state index contributed by atoms with van der Waals surface area (Å²) in [5.74, 6) is -0.637. The molecule has 0 saturated carbocycles. The number of hydrogen-bond donors (Lipinski definition) is 2. The molecule has 0 saturated heterocycles. The molecule has 0 aromatic heterocycles. The number of benzene rings is 1. The zero-order valence-electron chi connectivity index (χ0n) is 12.1. The summed E-state index contributed by atoms with van der Waals surface area (Å²) >= 11 is 0. The van der Waals surface area contributed by atoms with Crippen LogP contribution in [0.4, 0.5) is 10.5 Å². The van der Waals surface area contributed by atoms with Crippen LogP contribution in [0.15, 0.2) is 18.2 Å². The molecule has 0 fully saturated rings. The van der Waals surface area contributed by atoms with Gasteiger partial charge in [-0.05, 0) is 39.0 Å². The summed E-state index contributed by atoms with van der Waals surface area (Å²) < 4.78 is 5.13. The lowest BCUT2D eigenvalue weighted by molar-refractivity contribution is 0.0697. The van der Waals surface area contributed by atoms with Gasteiger partial charge in [0.05, 0.1) is 18.4 Å². The summed E-state index contributed by atoms with van der Waals surface area (Å²) in [6, 6.07) is 4.09. The van der Waals surface area contributed by atoms with Crippen LogP contribution in [0, 0.1) is 0 Å². The van der Waals surface area contributed by atoms with Gasteiger partial charge in [-0.2, -0.15) is 0 Å². The van der Waals surface area contributed by atoms with Crippen LogP contribution >= 0.6 is 0 Å². The predicted molar refractivity (Wildman–Crippen MR) is 76.5 cm³/mol. The fourth-order valence-corrected chi connectivity index (χ4v) is 1.87. The Labute approximate surface area is 118 Å². The van der Waals surface area contributed by atoms with Crippen molar-refractivity contribution in [3.63, 3.8) is 0 Å². The van der Waals surface area contributed by atoms with E-state index in [9.17, 15) is 9.59 Å². The minimum absolute atomic E-state index is 0.0497. The molecule has 0 aliphatic rings. The van der Waals surface area contributed by atoms with Gasteiger partial charge in [-0.1, -0.05) is 0 Å². The average molecular weight is 280 g/mol. The Hall–Kier alpha value is -2.24. The van der Waals surface area contributed by atoms with Crippen molar-refractivity contribution >= 4 is 17.7 Å². The number of carbonyl (C=O) groups excluding carboxylic acids is 1. The molecule has 2 amide bonds. The zero-order valence-corrected chi connectivity index (χ0v) is 12.1. The number of carbonyl (C=O) groups is 2. The van der Waals surface area contributed by atoms with Crippen molar-refractivity contribution in [1.82, 2.24) is 4.90 Å². The third kappa shape index (κ3) is 3.63. The second-order valence-corrected chi connectivity index (χ2v) is 4.53. The lowest BCUT2D eigenvalue weighted by Crippen LogP contribution is -2.39. The summed E-state index contributed by atoms with van der Waals surface area (Å²) in [7, 11) is 1.46. The van der Waals surface area contributed by atoms with Crippen LogP contribution in [0.3, 0.4) is 0 Å². The molecule has 0 spiro atoms. The number of rotatable bonds is 5. The van der Waals surface area contributed by atoms with E-state index < -0.39 is 5.97 Å². The average Bonchev–Trinajstić information content (AvgIpc) is 2.38. The number of urea groups is 1. The summed E-state index contributed by atoms with van der Waals surface area (Å²) in [6.07, 6.45) is 0. The van der Waals surface area contributed by atoms with Crippen molar-refractivity contribution in [3.05, 3.63) is 23.8 Å². The molecule has 2 N–H and O–H groups in total. The van der Waals surface area contributed by atoms with E-state index in [1.807, 2.05) is 20.8 Å². The van der Waals surface area contributed by atoms with E-state index in [4.69, 9.17) is 9.84 Å². The van der Waals surface area contributed by atoms with Gasteiger partial charge in [0.15, 0.2) is 0 Å². The predicted octanol–water partition coefficient (Wildman–Crippen LogP) is 2.66. The first-order valence-corrected chi connectivity index (χ1v) is 6.39. The maximum atomic E-state index is 12.1. The van der Waals surface area contributed by atoms with Crippen molar-refractivity contribution in [2.24, 2.45) is 0 Å². The van der Waals surface area contributed by atoms with E-state index in [1.54, 1.807) is 4.90 Å². The monoisotopic (exact) mass is 280 g/mol. The lowest BCUT2D eigenvalue weighted by Gasteiger charge is -2.25. The highest BCUT2D eigenvalue weighted by Crippen LogP contribution is 2.26. The number of methoxy groups -OCH3 is 1. The molecule has 1 aromatic rings. The summed E-state index contributed by atoms with van der Waals surface area (Å²) in [6.45, 7) is 6.26. The van der Waals surface area contributed by atoms with Crippen molar-refractivity contribution < 1.29 is 19.4 Å². The Morgan fingerprint density at radius 3 is 2.50 bits per heavy atom. The van der Waals surface area contributed by atoms with E-state index in [0.29, 0.717) is 18.0 Å². The first kappa shape index (κ1) is 15.8. The van der Waals surface area contributed by atoms with Gasteiger partial charge in [-0.3, -0.25) is 0 Å². The highest BCUT2D eigenvalue weighted by atomic mass is 16.5. The first-order chi connectivity index (χ1) is 9.40. The Bertz CT molecular complexity index is 500. The van der Waals surface area contributed by atoms with Gasteiger partial charge in [-0.25, -0.2) is 9.59 Å². The standard InChI is InChI=1S/C14H20N2O4/c1-5-16(9(2)3)14(19)15-11-8-10(13(17)18)6-7-12(11)20-4/h6-9H,5H2,1-4H3,(H,15,19)(H,17,18). The van der Waals surface area contributed by atoms with Crippen LogP contribution in [0.2, 0.25) is 0 Å². The van der Waals surface area contributed by atoms with Crippen molar-refractivity contribution in [3.8, 4) is 5.75 Å². The number of anilines is 1. The molecule has 0 bridgehead atoms. The Morgan fingerprint density at radius 1 is 1.40 bits per heavy atom. The second-order valence-electron chi connectivity index (χ2n) is 4.53. The van der Waals surface area contributed by atoms with Gasteiger partial charge in [0.25, 0.3) is 0 Å². The van der Waals surface area contributed by atoms with Crippen molar-refractivity contribution in [2.45, 2.75) is 26.8 Å². The van der Waals surface area contributed by atoms with Crippen molar-refractivity contribution in [1.29, 1.82) is 0 Å². The smallest absolute Gasteiger partial charge is 0.335 e. The SMILES string of the molecule is CCN(C(=O)Nc1cc(C(=O)O)ccc1OC)C(C)C. The lowest BCUT2D eigenvalue weighted by atomic mass is 10.2. The third-order valence-electron chi connectivity index (χ3n) is 2.91. The van der Waals surface area contributed by atoms with Crippen LogP contribution in [-0.4, -0.2) is 41.7 Å². The van der Waals surface area contributed by atoms with E-state index in [1.165, 1.54) is 25.3 Å². The van der Waals surface area contributed by atoms with Gasteiger partial charge in [0, 0.05) is 12.6 Å². The number of nitrogens with one attached hydrogen (secondary N) is 1. The number of nitrogens with zero attached hydrogens (tertiary/aromatic N) is 1. The van der Waals surface area contributed by atoms with E-state index in [2.05, 4.69) is 5.32 Å². The topological polar surface area (TPSA) is 78.9 Å². The van der Waals surface area contributed by atoms with E-state index in [0.717, 1.165) is 0 Å².